The second-order valence-electron chi connectivity index (χ2n) is 11.6. The van der Waals surface area contributed by atoms with Crippen LogP contribution >= 0.6 is 0 Å². The summed E-state index contributed by atoms with van der Waals surface area (Å²) in [5.41, 5.74) is 2.56. The summed E-state index contributed by atoms with van der Waals surface area (Å²) in [5.74, 6) is -1.92. The number of carbonyl (C=O) groups excluding carboxylic acids is 3. The Morgan fingerprint density at radius 2 is 1.79 bits per heavy atom. The zero-order valence-electron chi connectivity index (χ0n) is 25.6. The molecule has 1 amide bonds. The molecule has 43 heavy (non-hydrogen) atoms. The van der Waals surface area contributed by atoms with Crippen molar-refractivity contribution in [2.24, 2.45) is 11.8 Å². The van der Waals surface area contributed by atoms with Crippen LogP contribution in [0.4, 0.5) is 0 Å². The number of hydrogen-bond donors (Lipinski definition) is 5. The normalized spacial score (nSPS) is 27.9. The summed E-state index contributed by atoms with van der Waals surface area (Å²) in [4.78, 5) is 39.9. The van der Waals surface area contributed by atoms with Crippen molar-refractivity contribution in [2.75, 3.05) is 13.7 Å². The van der Waals surface area contributed by atoms with E-state index in [4.69, 9.17) is 4.74 Å². The van der Waals surface area contributed by atoms with Gasteiger partial charge in [-0.2, -0.15) is 0 Å². The van der Waals surface area contributed by atoms with Gasteiger partial charge < -0.3 is 30.7 Å². The van der Waals surface area contributed by atoms with Crippen molar-refractivity contribution in [2.45, 2.75) is 72.0 Å². The van der Waals surface area contributed by atoms with Gasteiger partial charge in [0.2, 0.25) is 11.6 Å². The van der Waals surface area contributed by atoms with E-state index >= 15 is 0 Å². The average molecular weight is 593 g/mol. The van der Waals surface area contributed by atoms with Gasteiger partial charge in [-0.15, -0.1) is 0 Å². The van der Waals surface area contributed by atoms with Gasteiger partial charge in [-0.3, -0.25) is 14.4 Å². The molecule has 1 aromatic carbocycles. The van der Waals surface area contributed by atoms with Crippen molar-refractivity contribution in [1.82, 2.24) is 10.6 Å². The molecule has 2 bridgehead atoms. The molecule has 1 aliphatic carbocycles. The number of carbonyl (C=O) groups is 3. The fourth-order valence-corrected chi connectivity index (χ4v) is 5.20. The summed E-state index contributed by atoms with van der Waals surface area (Å²) in [5, 5.41) is 36.0. The number of phenolic OH excluding ortho intramolecular Hbond substituents is 2. The lowest BCUT2D eigenvalue weighted by atomic mass is 9.86. The molecule has 0 aromatic heterocycles. The zero-order chi connectivity index (χ0) is 31.7. The van der Waals surface area contributed by atoms with Crippen molar-refractivity contribution < 1.29 is 34.4 Å². The smallest absolute Gasteiger partial charge is 0.251 e. The van der Waals surface area contributed by atoms with Gasteiger partial charge in [-0.25, -0.2) is 0 Å². The number of aliphatic hydroxyl groups excluding tert-OH is 1. The fraction of sp³-hybridized carbons (Fsp3) is 0.441. The summed E-state index contributed by atoms with van der Waals surface area (Å²) in [6.07, 6.45) is 10.1. The lowest BCUT2D eigenvalue weighted by Gasteiger charge is -2.24. The lowest BCUT2D eigenvalue weighted by Crippen LogP contribution is -2.36. The van der Waals surface area contributed by atoms with E-state index in [0.29, 0.717) is 37.8 Å². The molecule has 0 saturated carbocycles. The maximum absolute atomic E-state index is 13.7. The highest BCUT2D eigenvalue weighted by atomic mass is 16.5. The molecule has 9 heteroatoms. The van der Waals surface area contributed by atoms with Crippen molar-refractivity contribution in [1.29, 1.82) is 0 Å². The predicted octanol–water partition coefficient (Wildman–Crippen LogP) is 4.31. The number of fused-ring (bicyclic) bond motifs is 2. The molecule has 4 atom stereocenters. The first-order valence-electron chi connectivity index (χ1n) is 14.7. The van der Waals surface area contributed by atoms with Gasteiger partial charge in [0.15, 0.2) is 11.5 Å². The highest BCUT2D eigenvalue weighted by molar-refractivity contribution is 6.23. The number of Topliss-reactive ketones (excluding diaryl/α,β-unsaturated/α-hetero) is 1. The number of aliphatic hydroxyl groups is 1. The van der Waals surface area contributed by atoms with Crippen LogP contribution in [0.2, 0.25) is 0 Å². The van der Waals surface area contributed by atoms with Crippen molar-refractivity contribution >= 4 is 17.5 Å². The van der Waals surface area contributed by atoms with E-state index in [2.05, 4.69) is 16.7 Å². The topological polar surface area (TPSA) is 145 Å². The number of benzene rings is 1. The standard InChI is InChI=1S/C34H44N2O7/c1-20-9-11-28(37)23(4)15-21(2)16-25(43-5)8-6-7-22(3)34(42)36-27-19-31(40)32(26(17-20)33(27)41)35-14-13-24-10-12-29(38)30(39)18-24/h6-8,10,12,15,18-20,23,25,28,35,37-39H,9,11,13-14,16-17H2,1-5H3,(H,36,42)/b8-6-,21-15+,22-7+. The molecule has 0 fully saturated rings. The van der Waals surface area contributed by atoms with E-state index in [1.165, 1.54) is 12.1 Å². The first-order valence-corrected chi connectivity index (χ1v) is 14.7. The molecule has 2 aliphatic rings. The lowest BCUT2D eigenvalue weighted by molar-refractivity contribution is -0.120. The Kier molecular flexibility index (Phi) is 12.1. The number of amides is 1. The quantitative estimate of drug-likeness (QED) is 0.193. The van der Waals surface area contributed by atoms with Crippen LogP contribution in [0.5, 0.6) is 11.5 Å². The highest BCUT2D eigenvalue weighted by Gasteiger charge is 2.31. The van der Waals surface area contributed by atoms with E-state index in [1.807, 2.05) is 26.8 Å². The van der Waals surface area contributed by atoms with E-state index in [-0.39, 0.29) is 52.8 Å². The van der Waals surface area contributed by atoms with Gasteiger partial charge in [0, 0.05) is 36.8 Å². The summed E-state index contributed by atoms with van der Waals surface area (Å²) in [6, 6.07) is 4.50. The van der Waals surface area contributed by atoms with Gasteiger partial charge in [0.05, 0.1) is 23.6 Å². The van der Waals surface area contributed by atoms with Gasteiger partial charge in [-0.05, 0) is 69.6 Å². The van der Waals surface area contributed by atoms with Crippen LogP contribution in [0.1, 0.15) is 58.9 Å². The molecular formula is C34H44N2O7. The Hall–Kier alpha value is -3.95. The Bertz CT molecular complexity index is 1370. The minimum atomic E-state index is -0.576. The molecule has 232 valence electrons. The number of rotatable bonds is 5. The summed E-state index contributed by atoms with van der Waals surface area (Å²) in [6.45, 7) is 7.87. The first-order chi connectivity index (χ1) is 20.4. The van der Waals surface area contributed by atoms with Crippen LogP contribution in [0.15, 0.2) is 76.7 Å². The Labute approximate surface area is 253 Å². The number of nitrogens with one attached hydrogen (secondary N) is 2. The van der Waals surface area contributed by atoms with Gasteiger partial charge >= 0.3 is 0 Å². The Balaban J connectivity index is 1.90. The largest absolute Gasteiger partial charge is 0.504 e. The number of phenols is 2. The third-order valence-electron chi connectivity index (χ3n) is 7.86. The zero-order valence-corrected chi connectivity index (χ0v) is 25.6. The van der Waals surface area contributed by atoms with E-state index in [1.54, 1.807) is 32.3 Å². The van der Waals surface area contributed by atoms with Crippen LogP contribution in [0, 0.1) is 11.8 Å². The highest BCUT2D eigenvalue weighted by Crippen LogP contribution is 2.28. The Morgan fingerprint density at radius 3 is 2.49 bits per heavy atom. The maximum Gasteiger partial charge on any atom is 0.251 e. The second-order valence-corrected chi connectivity index (χ2v) is 11.6. The molecule has 1 aromatic rings. The van der Waals surface area contributed by atoms with Crippen LogP contribution in [0.3, 0.4) is 0 Å². The monoisotopic (exact) mass is 592 g/mol. The molecule has 1 aliphatic heterocycles. The number of ketones is 2. The van der Waals surface area contributed by atoms with Gasteiger partial charge in [-0.1, -0.05) is 49.8 Å². The predicted molar refractivity (Wildman–Crippen MR) is 165 cm³/mol. The van der Waals surface area contributed by atoms with Crippen molar-refractivity contribution in [3.63, 3.8) is 0 Å². The molecule has 1 heterocycles. The van der Waals surface area contributed by atoms with Crippen LogP contribution < -0.4 is 10.6 Å². The summed E-state index contributed by atoms with van der Waals surface area (Å²) < 4.78 is 5.57. The summed E-state index contributed by atoms with van der Waals surface area (Å²) >= 11 is 0. The van der Waals surface area contributed by atoms with Crippen LogP contribution in [-0.4, -0.2) is 58.7 Å². The van der Waals surface area contributed by atoms with Crippen molar-refractivity contribution in [3.8, 4) is 11.5 Å². The third-order valence-corrected chi connectivity index (χ3v) is 7.86. The molecule has 9 nitrogen and oxygen atoms in total. The number of aromatic hydroxyl groups is 2. The number of hydrogen-bond acceptors (Lipinski definition) is 8. The SMILES string of the molecule is COC1/C=C\C=C(/C)C(=O)NC2=CC(=O)C(NCCc3ccc(O)c(O)c3)=C(CC(C)CCC(O)C(C)/C=C(\C)C1)C2=O. The van der Waals surface area contributed by atoms with E-state index < -0.39 is 23.6 Å². The number of allylic oxidation sites excluding steroid dienone is 4. The minimum Gasteiger partial charge on any atom is -0.504 e. The van der Waals surface area contributed by atoms with Crippen LogP contribution in [0.25, 0.3) is 0 Å². The number of ether oxygens (including phenoxy) is 1. The molecule has 0 saturated heterocycles. The van der Waals surface area contributed by atoms with Crippen molar-refractivity contribution in [3.05, 3.63) is 82.3 Å². The molecule has 3 rings (SSSR count). The van der Waals surface area contributed by atoms with Gasteiger partial charge in [0.1, 0.15) is 0 Å². The fourth-order valence-electron chi connectivity index (χ4n) is 5.20. The summed E-state index contributed by atoms with van der Waals surface area (Å²) in [7, 11) is 1.62. The maximum atomic E-state index is 13.7. The minimum absolute atomic E-state index is 0.0367. The molecule has 0 radical (unpaired) electrons. The third kappa shape index (κ3) is 9.53. The number of methoxy groups -OCH3 is 1. The van der Waals surface area contributed by atoms with Gasteiger partial charge in [0.25, 0.3) is 5.91 Å². The van der Waals surface area contributed by atoms with Crippen LogP contribution in [-0.2, 0) is 25.5 Å². The second kappa shape index (κ2) is 15.5. The van der Waals surface area contributed by atoms with E-state index in [9.17, 15) is 29.7 Å². The first kappa shape index (κ1) is 33.6. The average Bonchev–Trinajstić information content (AvgIpc) is 2.96. The molecule has 0 spiro atoms. The molecule has 4 unspecified atom stereocenters. The Morgan fingerprint density at radius 1 is 1.05 bits per heavy atom. The molecular weight excluding hydrogens is 548 g/mol. The van der Waals surface area contributed by atoms with E-state index in [0.717, 1.165) is 17.2 Å². The molecule has 5 N–H and O–H groups in total.